The van der Waals surface area contributed by atoms with Crippen molar-refractivity contribution < 1.29 is 14.4 Å². The van der Waals surface area contributed by atoms with E-state index in [-0.39, 0.29) is 12.5 Å². The van der Waals surface area contributed by atoms with Crippen LogP contribution in [0.25, 0.3) is 0 Å². The van der Waals surface area contributed by atoms with E-state index >= 15 is 0 Å². The summed E-state index contributed by atoms with van der Waals surface area (Å²) in [4.78, 5) is 12.8. The lowest BCUT2D eigenvalue weighted by atomic mass is 10.0. The van der Waals surface area contributed by atoms with E-state index in [2.05, 4.69) is 10.1 Å². The predicted octanol–water partition coefficient (Wildman–Crippen LogP) is 1.90. The third-order valence-electron chi connectivity index (χ3n) is 3.40. The van der Waals surface area contributed by atoms with Gasteiger partial charge in [0.1, 0.15) is 5.76 Å². The van der Waals surface area contributed by atoms with Crippen molar-refractivity contribution in [2.75, 3.05) is 13.1 Å². The minimum atomic E-state index is -0.741. The van der Waals surface area contributed by atoms with Gasteiger partial charge in [0.2, 0.25) is 0 Å². The Kier molecular flexibility index (Phi) is 3.47. The molecule has 0 spiro atoms. The number of rotatable bonds is 4. The van der Waals surface area contributed by atoms with Gasteiger partial charge in [-0.25, -0.2) is 0 Å². The molecule has 1 aromatic rings. The third kappa shape index (κ3) is 2.49. The monoisotopic (exact) mass is 238 g/mol. The van der Waals surface area contributed by atoms with Gasteiger partial charge in [-0.2, -0.15) is 0 Å². The van der Waals surface area contributed by atoms with E-state index in [4.69, 9.17) is 9.63 Å². The van der Waals surface area contributed by atoms with Gasteiger partial charge in [0.05, 0.1) is 12.1 Å². The van der Waals surface area contributed by atoms with Crippen molar-refractivity contribution in [2.24, 2.45) is 0 Å². The molecule has 0 saturated carbocycles. The predicted molar refractivity (Wildman–Crippen MR) is 61.8 cm³/mol. The number of aryl methyl sites for hydroxylation is 2. The highest BCUT2D eigenvalue weighted by atomic mass is 16.5. The van der Waals surface area contributed by atoms with Crippen molar-refractivity contribution >= 4 is 5.97 Å². The van der Waals surface area contributed by atoms with E-state index in [0.717, 1.165) is 36.4 Å². The number of hydrogen-bond donors (Lipinski definition) is 1. The first-order valence-corrected chi connectivity index (χ1v) is 5.98. The van der Waals surface area contributed by atoms with Crippen LogP contribution in [0, 0.1) is 13.8 Å². The van der Waals surface area contributed by atoms with Crippen LogP contribution in [-0.4, -0.2) is 34.2 Å². The Morgan fingerprint density at radius 3 is 2.94 bits per heavy atom. The van der Waals surface area contributed by atoms with Crippen LogP contribution in [0.1, 0.15) is 42.3 Å². The summed E-state index contributed by atoms with van der Waals surface area (Å²) in [6.45, 7) is 5.43. The summed E-state index contributed by atoms with van der Waals surface area (Å²) < 4.78 is 5.19. The summed E-state index contributed by atoms with van der Waals surface area (Å²) >= 11 is 0. The van der Waals surface area contributed by atoms with Gasteiger partial charge in [-0.15, -0.1) is 0 Å². The number of aromatic nitrogens is 1. The second-order valence-electron chi connectivity index (χ2n) is 4.58. The van der Waals surface area contributed by atoms with Gasteiger partial charge in [-0.05, 0) is 33.2 Å². The molecule has 1 fully saturated rings. The Bertz CT molecular complexity index is 394. The van der Waals surface area contributed by atoms with Crippen LogP contribution < -0.4 is 0 Å². The normalized spacial score (nSPS) is 20.9. The highest BCUT2D eigenvalue weighted by Crippen LogP contribution is 2.35. The van der Waals surface area contributed by atoms with Crippen molar-refractivity contribution in [2.45, 2.75) is 39.2 Å². The lowest BCUT2D eigenvalue weighted by molar-refractivity contribution is -0.137. The summed E-state index contributed by atoms with van der Waals surface area (Å²) in [5.74, 6) is 0.115. The number of carboxylic acids is 1. The Balaban J connectivity index is 2.12. The Hall–Kier alpha value is -1.36. The topological polar surface area (TPSA) is 66.6 Å². The average molecular weight is 238 g/mol. The summed E-state index contributed by atoms with van der Waals surface area (Å²) in [7, 11) is 0. The van der Waals surface area contributed by atoms with Crippen molar-refractivity contribution in [3.05, 3.63) is 17.0 Å². The van der Waals surface area contributed by atoms with Gasteiger partial charge in [0, 0.05) is 18.2 Å². The minimum absolute atomic E-state index is 0.194. The van der Waals surface area contributed by atoms with Crippen LogP contribution in [0.4, 0.5) is 0 Å². The maximum Gasteiger partial charge on any atom is 0.304 e. The largest absolute Gasteiger partial charge is 0.481 e. The molecule has 1 saturated heterocycles. The number of hydrogen-bond acceptors (Lipinski definition) is 4. The summed E-state index contributed by atoms with van der Waals surface area (Å²) in [5.41, 5.74) is 2.07. The molecule has 0 radical (unpaired) electrons. The van der Waals surface area contributed by atoms with Gasteiger partial charge in [0.25, 0.3) is 0 Å². The number of likely N-dealkylation sites (tertiary alicyclic amines) is 1. The lowest BCUT2D eigenvalue weighted by Gasteiger charge is -2.23. The highest BCUT2D eigenvalue weighted by Gasteiger charge is 2.30. The second-order valence-corrected chi connectivity index (χ2v) is 4.58. The fraction of sp³-hybridized carbons (Fsp3) is 0.667. The maximum atomic E-state index is 10.6. The fourth-order valence-electron chi connectivity index (χ4n) is 2.63. The summed E-state index contributed by atoms with van der Waals surface area (Å²) in [6, 6.07) is 0.278. The van der Waals surface area contributed by atoms with Crippen LogP contribution in [-0.2, 0) is 4.79 Å². The molecule has 2 rings (SSSR count). The molecular formula is C12H18N2O3. The fourth-order valence-corrected chi connectivity index (χ4v) is 2.63. The summed E-state index contributed by atoms with van der Waals surface area (Å²) in [6.07, 6.45) is 2.36. The molecule has 1 aliphatic rings. The molecule has 1 unspecified atom stereocenters. The molecule has 0 amide bonds. The van der Waals surface area contributed by atoms with Crippen molar-refractivity contribution in [3.8, 4) is 0 Å². The first-order valence-electron chi connectivity index (χ1n) is 5.98. The SMILES string of the molecule is Cc1noc(C)c1C1CCCN1CCC(=O)O. The number of carboxylic acid groups (broad SMARTS) is 1. The lowest BCUT2D eigenvalue weighted by Crippen LogP contribution is -2.26. The second kappa shape index (κ2) is 4.87. The first kappa shape index (κ1) is 12.1. The number of aliphatic carboxylic acids is 1. The highest BCUT2D eigenvalue weighted by molar-refractivity contribution is 5.66. The molecule has 0 bridgehead atoms. The van der Waals surface area contributed by atoms with Crippen LogP contribution in [0.15, 0.2) is 4.52 Å². The van der Waals surface area contributed by atoms with Crippen molar-refractivity contribution in [3.63, 3.8) is 0 Å². The zero-order valence-electron chi connectivity index (χ0n) is 10.3. The third-order valence-corrected chi connectivity index (χ3v) is 3.40. The molecule has 0 aliphatic carbocycles. The molecule has 1 N–H and O–H groups in total. The van der Waals surface area contributed by atoms with E-state index in [1.165, 1.54) is 0 Å². The average Bonchev–Trinajstić information content (AvgIpc) is 2.83. The standard InChI is InChI=1S/C12H18N2O3/c1-8-12(9(2)17-13-8)10-4-3-6-14(10)7-5-11(15)16/h10H,3-7H2,1-2H3,(H,15,16). The molecule has 17 heavy (non-hydrogen) atoms. The van der Waals surface area contributed by atoms with E-state index in [1.54, 1.807) is 0 Å². The molecule has 1 atom stereocenters. The van der Waals surface area contributed by atoms with Crippen molar-refractivity contribution in [1.82, 2.24) is 10.1 Å². The number of carbonyl (C=O) groups is 1. The molecule has 2 heterocycles. The minimum Gasteiger partial charge on any atom is -0.481 e. The molecular weight excluding hydrogens is 220 g/mol. The van der Waals surface area contributed by atoms with Crippen molar-refractivity contribution in [1.29, 1.82) is 0 Å². The smallest absolute Gasteiger partial charge is 0.304 e. The van der Waals surface area contributed by atoms with Crippen LogP contribution in [0.3, 0.4) is 0 Å². The van der Waals surface area contributed by atoms with Crippen LogP contribution >= 0.6 is 0 Å². The van der Waals surface area contributed by atoms with Gasteiger partial charge < -0.3 is 9.63 Å². The van der Waals surface area contributed by atoms with Crippen LogP contribution in [0.2, 0.25) is 0 Å². The van der Waals surface area contributed by atoms with Gasteiger partial charge in [-0.1, -0.05) is 5.16 Å². The van der Waals surface area contributed by atoms with Crippen LogP contribution in [0.5, 0.6) is 0 Å². The first-order chi connectivity index (χ1) is 8.09. The molecule has 5 nitrogen and oxygen atoms in total. The Morgan fingerprint density at radius 2 is 2.35 bits per heavy atom. The number of nitrogens with zero attached hydrogens (tertiary/aromatic N) is 2. The van der Waals surface area contributed by atoms with Gasteiger partial charge in [-0.3, -0.25) is 9.69 Å². The Labute approximate surface area is 100 Å². The maximum absolute atomic E-state index is 10.6. The molecule has 1 aliphatic heterocycles. The molecule has 5 heteroatoms. The van der Waals surface area contributed by atoms with Gasteiger partial charge in [0.15, 0.2) is 0 Å². The van der Waals surface area contributed by atoms with E-state index in [9.17, 15) is 4.79 Å². The quantitative estimate of drug-likeness (QED) is 0.867. The van der Waals surface area contributed by atoms with Gasteiger partial charge >= 0.3 is 5.97 Å². The molecule has 94 valence electrons. The van der Waals surface area contributed by atoms with E-state index in [1.807, 2.05) is 13.8 Å². The molecule has 0 aromatic carbocycles. The van der Waals surface area contributed by atoms with E-state index in [0.29, 0.717) is 6.54 Å². The van der Waals surface area contributed by atoms with E-state index < -0.39 is 5.97 Å². The Morgan fingerprint density at radius 1 is 1.59 bits per heavy atom. The summed E-state index contributed by atoms with van der Waals surface area (Å²) in [5, 5.41) is 12.7. The molecule has 1 aromatic heterocycles. The zero-order chi connectivity index (χ0) is 12.4. The zero-order valence-corrected chi connectivity index (χ0v) is 10.3.